The third kappa shape index (κ3) is 4.47. The maximum absolute atomic E-state index is 11.9. The highest BCUT2D eigenvalue weighted by Crippen LogP contribution is 2.25. The van der Waals surface area contributed by atoms with Crippen molar-refractivity contribution in [1.29, 1.82) is 0 Å². The van der Waals surface area contributed by atoms with Crippen LogP contribution in [0.25, 0.3) is 0 Å². The lowest BCUT2D eigenvalue weighted by Gasteiger charge is -2.35. The summed E-state index contributed by atoms with van der Waals surface area (Å²) in [6.45, 7) is 9.63. The standard InChI is InChI=1S/C12H22INO2/c1-9(13)10-6-5-7-14(8-10)11(15)16-12(2,3)4/h9-10H,5-8H2,1-4H3/t9-,10+/m1/s1. The molecule has 1 saturated heterocycles. The van der Waals surface area contributed by atoms with Crippen molar-refractivity contribution in [1.82, 2.24) is 4.90 Å². The van der Waals surface area contributed by atoms with Crippen molar-refractivity contribution in [2.45, 2.75) is 50.1 Å². The molecule has 94 valence electrons. The fourth-order valence-electron chi connectivity index (χ4n) is 1.88. The lowest BCUT2D eigenvalue weighted by Crippen LogP contribution is -2.44. The summed E-state index contributed by atoms with van der Waals surface area (Å²) in [5.74, 6) is 0.613. The van der Waals surface area contributed by atoms with Gasteiger partial charge in [0.05, 0.1) is 0 Å². The van der Waals surface area contributed by atoms with Crippen molar-refractivity contribution >= 4 is 28.7 Å². The summed E-state index contributed by atoms with van der Waals surface area (Å²) in [6, 6.07) is 0. The number of piperidine rings is 1. The summed E-state index contributed by atoms with van der Waals surface area (Å²) in [5.41, 5.74) is -0.389. The van der Waals surface area contributed by atoms with Crippen molar-refractivity contribution in [3.63, 3.8) is 0 Å². The zero-order valence-electron chi connectivity index (χ0n) is 10.6. The molecule has 0 N–H and O–H groups in total. The number of amides is 1. The molecule has 1 rings (SSSR count). The Labute approximate surface area is 112 Å². The summed E-state index contributed by atoms with van der Waals surface area (Å²) in [7, 11) is 0. The Morgan fingerprint density at radius 1 is 1.50 bits per heavy atom. The first kappa shape index (κ1) is 14.1. The van der Waals surface area contributed by atoms with Crippen LogP contribution in [0.4, 0.5) is 4.79 Å². The van der Waals surface area contributed by atoms with Crippen LogP contribution in [-0.4, -0.2) is 33.6 Å². The van der Waals surface area contributed by atoms with E-state index in [1.165, 1.54) is 6.42 Å². The number of alkyl halides is 1. The lowest BCUT2D eigenvalue weighted by atomic mass is 9.96. The summed E-state index contributed by atoms with van der Waals surface area (Å²) < 4.78 is 6.00. The lowest BCUT2D eigenvalue weighted by molar-refractivity contribution is 0.0169. The minimum absolute atomic E-state index is 0.158. The molecular formula is C12H22INO2. The van der Waals surface area contributed by atoms with Gasteiger partial charge < -0.3 is 9.64 Å². The van der Waals surface area contributed by atoms with Gasteiger partial charge in [-0.25, -0.2) is 4.79 Å². The van der Waals surface area contributed by atoms with Gasteiger partial charge >= 0.3 is 6.09 Å². The minimum Gasteiger partial charge on any atom is -0.444 e. The van der Waals surface area contributed by atoms with Crippen LogP contribution in [0.5, 0.6) is 0 Å². The highest BCUT2D eigenvalue weighted by Gasteiger charge is 2.29. The first-order chi connectivity index (χ1) is 7.29. The summed E-state index contributed by atoms with van der Waals surface area (Å²) in [4.78, 5) is 13.7. The van der Waals surface area contributed by atoms with Crippen molar-refractivity contribution in [2.24, 2.45) is 5.92 Å². The molecule has 0 bridgehead atoms. The van der Waals surface area contributed by atoms with Gasteiger partial charge in [0.2, 0.25) is 0 Å². The van der Waals surface area contributed by atoms with Crippen LogP contribution in [0.1, 0.15) is 40.5 Å². The van der Waals surface area contributed by atoms with E-state index in [4.69, 9.17) is 4.74 Å². The minimum atomic E-state index is -0.389. The second kappa shape index (κ2) is 5.56. The fraction of sp³-hybridized carbons (Fsp3) is 0.917. The molecule has 1 amide bonds. The normalized spacial score (nSPS) is 24.1. The molecule has 1 aliphatic rings. The monoisotopic (exact) mass is 339 g/mol. The molecule has 16 heavy (non-hydrogen) atoms. The van der Waals surface area contributed by atoms with Gasteiger partial charge in [0.25, 0.3) is 0 Å². The van der Waals surface area contributed by atoms with Crippen LogP contribution >= 0.6 is 22.6 Å². The van der Waals surface area contributed by atoms with Crippen LogP contribution in [0, 0.1) is 5.92 Å². The Bertz CT molecular complexity index is 248. The average Bonchev–Trinajstić information content (AvgIpc) is 2.15. The maximum Gasteiger partial charge on any atom is 0.410 e. The van der Waals surface area contributed by atoms with E-state index in [0.29, 0.717) is 9.84 Å². The molecular weight excluding hydrogens is 317 g/mol. The van der Waals surface area contributed by atoms with E-state index in [2.05, 4.69) is 29.5 Å². The molecule has 2 atom stereocenters. The van der Waals surface area contributed by atoms with Crippen molar-refractivity contribution < 1.29 is 9.53 Å². The fourth-order valence-corrected chi connectivity index (χ4v) is 2.46. The van der Waals surface area contributed by atoms with Gasteiger partial charge in [-0.05, 0) is 39.5 Å². The quantitative estimate of drug-likeness (QED) is 0.541. The molecule has 1 heterocycles. The molecule has 0 unspecified atom stereocenters. The SMILES string of the molecule is C[C@@H](I)[C@H]1CCCN(C(=O)OC(C)(C)C)C1. The molecule has 0 radical (unpaired) electrons. The molecule has 0 saturated carbocycles. The number of rotatable bonds is 1. The third-order valence-electron chi connectivity index (χ3n) is 2.76. The maximum atomic E-state index is 11.9. The van der Waals surface area contributed by atoms with E-state index < -0.39 is 0 Å². The molecule has 0 aromatic heterocycles. The molecule has 4 heteroatoms. The largest absolute Gasteiger partial charge is 0.444 e. The predicted molar refractivity (Wildman–Crippen MR) is 74.0 cm³/mol. The number of carbonyl (C=O) groups excluding carboxylic acids is 1. The van der Waals surface area contributed by atoms with Gasteiger partial charge in [0.1, 0.15) is 5.60 Å². The van der Waals surface area contributed by atoms with E-state index in [1.54, 1.807) is 0 Å². The van der Waals surface area contributed by atoms with E-state index >= 15 is 0 Å². The molecule has 3 nitrogen and oxygen atoms in total. The average molecular weight is 339 g/mol. The predicted octanol–water partition coefficient (Wildman–Crippen LogP) is 3.46. The van der Waals surface area contributed by atoms with Gasteiger partial charge in [-0.3, -0.25) is 0 Å². The van der Waals surface area contributed by atoms with Crippen LogP contribution in [-0.2, 0) is 4.74 Å². The second-order valence-electron chi connectivity index (χ2n) is 5.51. The summed E-state index contributed by atoms with van der Waals surface area (Å²) in [5, 5.41) is 0. The van der Waals surface area contributed by atoms with Gasteiger partial charge in [-0.15, -0.1) is 0 Å². The van der Waals surface area contributed by atoms with Crippen molar-refractivity contribution in [3.8, 4) is 0 Å². The van der Waals surface area contributed by atoms with Gasteiger partial charge in [0.15, 0.2) is 0 Å². The Kier molecular flexibility index (Phi) is 4.88. The number of likely N-dealkylation sites (tertiary alicyclic amines) is 1. The topological polar surface area (TPSA) is 29.5 Å². The molecule has 0 aromatic carbocycles. The Morgan fingerprint density at radius 2 is 2.12 bits per heavy atom. The van der Waals surface area contributed by atoms with Crippen LogP contribution in [0.2, 0.25) is 0 Å². The number of nitrogens with zero attached hydrogens (tertiary/aromatic N) is 1. The van der Waals surface area contributed by atoms with Crippen LogP contribution in [0.15, 0.2) is 0 Å². The van der Waals surface area contributed by atoms with Crippen LogP contribution in [0.3, 0.4) is 0 Å². The highest BCUT2D eigenvalue weighted by molar-refractivity contribution is 14.1. The second-order valence-corrected chi connectivity index (χ2v) is 7.47. The Morgan fingerprint density at radius 3 is 2.62 bits per heavy atom. The van der Waals surface area contributed by atoms with Gasteiger partial charge in [-0.1, -0.05) is 29.5 Å². The highest BCUT2D eigenvalue weighted by atomic mass is 127. The van der Waals surface area contributed by atoms with E-state index in [1.807, 2.05) is 25.7 Å². The van der Waals surface area contributed by atoms with Crippen LogP contribution < -0.4 is 0 Å². The van der Waals surface area contributed by atoms with Crippen molar-refractivity contribution in [3.05, 3.63) is 0 Å². The number of hydrogen-bond acceptors (Lipinski definition) is 2. The number of halogens is 1. The first-order valence-electron chi connectivity index (χ1n) is 5.91. The van der Waals surface area contributed by atoms with E-state index in [0.717, 1.165) is 19.5 Å². The van der Waals surface area contributed by atoms with Gasteiger partial charge in [0, 0.05) is 17.0 Å². The van der Waals surface area contributed by atoms with Crippen molar-refractivity contribution in [2.75, 3.05) is 13.1 Å². The number of hydrogen-bond donors (Lipinski definition) is 0. The molecule has 1 fully saturated rings. The molecule has 0 spiro atoms. The zero-order valence-corrected chi connectivity index (χ0v) is 12.8. The summed E-state index contributed by atoms with van der Waals surface area (Å²) >= 11 is 2.44. The number of carbonyl (C=O) groups is 1. The zero-order chi connectivity index (χ0) is 12.3. The van der Waals surface area contributed by atoms with E-state index in [-0.39, 0.29) is 11.7 Å². The summed E-state index contributed by atoms with van der Waals surface area (Å²) in [6.07, 6.45) is 2.16. The molecule has 0 aliphatic carbocycles. The first-order valence-corrected chi connectivity index (χ1v) is 7.16. The molecule has 1 aliphatic heterocycles. The molecule has 0 aromatic rings. The smallest absolute Gasteiger partial charge is 0.410 e. The third-order valence-corrected chi connectivity index (χ3v) is 3.78. The number of ether oxygens (including phenoxy) is 1. The Balaban J connectivity index is 2.50. The van der Waals surface area contributed by atoms with Gasteiger partial charge in [-0.2, -0.15) is 0 Å². The Hall–Kier alpha value is 0. The van der Waals surface area contributed by atoms with E-state index in [9.17, 15) is 4.79 Å².